The summed E-state index contributed by atoms with van der Waals surface area (Å²) in [5.74, 6) is 0.978. The predicted molar refractivity (Wildman–Crippen MR) is 113 cm³/mol. The average molecular weight is 385 g/mol. The van der Waals surface area contributed by atoms with Crippen LogP contribution in [-0.4, -0.2) is 5.97 Å². The van der Waals surface area contributed by atoms with Gasteiger partial charge in [-0.2, -0.15) is 0 Å². The first kappa shape index (κ1) is 17.8. The van der Waals surface area contributed by atoms with Crippen molar-refractivity contribution in [2.75, 3.05) is 5.73 Å². The summed E-state index contributed by atoms with van der Waals surface area (Å²) in [4.78, 5) is 13.0. The number of ether oxygens (including phenoxy) is 2. The van der Waals surface area contributed by atoms with Crippen LogP contribution in [0.15, 0.2) is 54.6 Å². The number of esters is 1. The molecule has 3 aromatic rings. The van der Waals surface area contributed by atoms with Crippen molar-refractivity contribution in [3.8, 4) is 11.5 Å². The van der Waals surface area contributed by atoms with Gasteiger partial charge in [0, 0.05) is 28.4 Å². The van der Waals surface area contributed by atoms with E-state index in [1.165, 1.54) is 0 Å². The summed E-state index contributed by atoms with van der Waals surface area (Å²) < 4.78 is 12.4. The lowest BCUT2D eigenvalue weighted by Gasteiger charge is -2.37. The summed E-state index contributed by atoms with van der Waals surface area (Å²) in [6.45, 7) is 8.50. The predicted octanol–water partition coefficient (Wildman–Crippen LogP) is 5.44. The van der Waals surface area contributed by atoms with Crippen molar-refractivity contribution in [2.24, 2.45) is 0 Å². The van der Waals surface area contributed by atoms with E-state index in [0.29, 0.717) is 22.7 Å². The second-order valence-corrected chi connectivity index (χ2v) is 8.94. The molecule has 3 aromatic carbocycles. The van der Waals surface area contributed by atoms with Crippen LogP contribution < -0.4 is 10.5 Å². The van der Waals surface area contributed by atoms with Crippen molar-refractivity contribution >= 4 is 11.7 Å². The van der Waals surface area contributed by atoms with Gasteiger partial charge in [0.15, 0.2) is 5.60 Å². The summed E-state index contributed by atoms with van der Waals surface area (Å²) in [6.07, 6.45) is 0. The lowest BCUT2D eigenvalue weighted by atomic mass is 9.75. The number of fused-ring (bicyclic) bond motifs is 6. The second kappa shape index (κ2) is 5.63. The molecule has 1 spiro atoms. The van der Waals surface area contributed by atoms with E-state index in [1.54, 1.807) is 6.07 Å². The molecular formula is C25H23NO3. The lowest BCUT2D eigenvalue weighted by Crippen LogP contribution is -2.33. The van der Waals surface area contributed by atoms with Crippen molar-refractivity contribution < 1.29 is 14.3 Å². The van der Waals surface area contributed by atoms with E-state index in [0.717, 1.165) is 27.8 Å². The zero-order valence-corrected chi connectivity index (χ0v) is 17.0. The minimum absolute atomic E-state index is 0.0624. The molecule has 29 heavy (non-hydrogen) atoms. The van der Waals surface area contributed by atoms with Gasteiger partial charge in [-0.05, 0) is 53.8 Å². The minimum atomic E-state index is -1.04. The molecule has 0 saturated heterocycles. The number of anilines is 1. The number of carbonyl (C=O) groups excluding carboxylic acids is 1. The Balaban J connectivity index is 1.89. The van der Waals surface area contributed by atoms with E-state index in [1.807, 2.05) is 49.4 Å². The minimum Gasteiger partial charge on any atom is -0.456 e. The van der Waals surface area contributed by atoms with E-state index in [9.17, 15) is 4.79 Å². The van der Waals surface area contributed by atoms with Crippen LogP contribution in [-0.2, 0) is 15.8 Å². The molecule has 2 aliphatic rings. The first-order valence-corrected chi connectivity index (χ1v) is 9.77. The first-order chi connectivity index (χ1) is 13.7. The molecule has 0 amide bonds. The fourth-order valence-electron chi connectivity index (χ4n) is 4.31. The van der Waals surface area contributed by atoms with Gasteiger partial charge >= 0.3 is 5.97 Å². The van der Waals surface area contributed by atoms with Crippen LogP contribution >= 0.6 is 0 Å². The Morgan fingerprint density at radius 3 is 2.28 bits per heavy atom. The lowest BCUT2D eigenvalue weighted by molar-refractivity contribution is 0.0224. The van der Waals surface area contributed by atoms with Gasteiger partial charge in [0.05, 0.1) is 5.56 Å². The highest BCUT2D eigenvalue weighted by atomic mass is 16.6. The molecule has 0 bridgehead atoms. The molecule has 1 unspecified atom stereocenters. The second-order valence-electron chi connectivity index (χ2n) is 8.94. The summed E-state index contributed by atoms with van der Waals surface area (Å²) in [5.41, 5.74) is 10.8. The SMILES string of the molecule is Cc1ccc2c(c1)Oc1cc(N)ccc1C21OC(=O)c2ccc(C(C)(C)C)cc21. The van der Waals surface area contributed by atoms with E-state index in [2.05, 4.69) is 26.8 Å². The fourth-order valence-corrected chi connectivity index (χ4v) is 4.31. The van der Waals surface area contributed by atoms with Crippen LogP contribution in [0.2, 0.25) is 0 Å². The van der Waals surface area contributed by atoms with Gasteiger partial charge in [-0.1, -0.05) is 39.0 Å². The maximum Gasteiger partial charge on any atom is 0.340 e. The monoisotopic (exact) mass is 385 g/mol. The topological polar surface area (TPSA) is 61.6 Å². The molecule has 5 rings (SSSR count). The Bertz CT molecular complexity index is 1140. The van der Waals surface area contributed by atoms with E-state index < -0.39 is 5.60 Å². The Labute approximate surface area is 170 Å². The summed E-state index contributed by atoms with van der Waals surface area (Å²) >= 11 is 0. The summed E-state index contributed by atoms with van der Waals surface area (Å²) in [5, 5.41) is 0. The van der Waals surface area contributed by atoms with E-state index in [4.69, 9.17) is 15.2 Å². The van der Waals surface area contributed by atoms with Crippen molar-refractivity contribution in [3.63, 3.8) is 0 Å². The van der Waals surface area contributed by atoms with Gasteiger partial charge < -0.3 is 15.2 Å². The summed E-state index contributed by atoms with van der Waals surface area (Å²) in [7, 11) is 0. The molecule has 1 atom stereocenters. The number of nitrogen functional groups attached to an aromatic ring is 1. The highest BCUT2D eigenvalue weighted by Crippen LogP contribution is 2.56. The summed E-state index contributed by atoms with van der Waals surface area (Å²) in [6, 6.07) is 17.5. The smallest absolute Gasteiger partial charge is 0.340 e. The maximum atomic E-state index is 13.0. The molecule has 0 radical (unpaired) electrons. The molecule has 0 aromatic heterocycles. The van der Waals surface area contributed by atoms with Crippen molar-refractivity contribution in [1.82, 2.24) is 0 Å². The van der Waals surface area contributed by atoms with Crippen LogP contribution in [0.25, 0.3) is 0 Å². The third kappa shape index (κ3) is 2.42. The van der Waals surface area contributed by atoms with Gasteiger partial charge in [-0.15, -0.1) is 0 Å². The number of carbonyl (C=O) groups is 1. The number of aryl methyl sites for hydroxylation is 1. The molecule has 2 heterocycles. The molecule has 0 saturated carbocycles. The van der Waals surface area contributed by atoms with Crippen molar-refractivity contribution in [1.29, 1.82) is 0 Å². The Kier molecular flexibility index (Phi) is 3.46. The zero-order chi connectivity index (χ0) is 20.6. The molecule has 0 aliphatic carbocycles. The fraction of sp³-hybridized carbons (Fsp3) is 0.240. The highest BCUT2D eigenvalue weighted by Gasteiger charge is 2.53. The average Bonchev–Trinajstić information content (AvgIpc) is 2.93. The van der Waals surface area contributed by atoms with Crippen LogP contribution in [0, 0.1) is 6.92 Å². The standard InChI is InChI=1S/C25H23NO3/c1-14-5-9-18-21(11-14)28-22-13-16(26)7-10-19(22)25(18)20-12-15(24(2,3)4)6-8-17(20)23(27)29-25/h5-13H,26H2,1-4H3. The maximum absolute atomic E-state index is 13.0. The molecule has 4 nitrogen and oxygen atoms in total. The van der Waals surface area contributed by atoms with Gasteiger partial charge in [0.1, 0.15) is 11.5 Å². The molecule has 4 heteroatoms. The number of hydrogen-bond donors (Lipinski definition) is 1. The molecule has 0 fully saturated rings. The van der Waals surface area contributed by atoms with E-state index >= 15 is 0 Å². The van der Waals surface area contributed by atoms with Crippen LogP contribution in [0.5, 0.6) is 11.5 Å². The number of benzene rings is 3. The van der Waals surface area contributed by atoms with Gasteiger partial charge in [0.2, 0.25) is 0 Å². The van der Waals surface area contributed by atoms with Crippen molar-refractivity contribution in [3.05, 3.63) is 88.0 Å². The molecule has 2 N–H and O–H groups in total. The van der Waals surface area contributed by atoms with Crippen molar-refractivity contribution in [2.45, 2.75) is 38.7 Å². The van der Waals surface area contributed by atoms with Crippen LogP contribution in [0.1, 0.15) is 58.9 Å². The largest absolute Gasteiger partial charge is 0.456 e. The zero-order valence-electron chi connectivity index (χ0n) is 17.0. The number of rotatable bonds is 0. The first-order valence-electron chi connectivity index (χ1n) is 9.77. The van der Waals surface area contributed by atoms with Crippen LogP contribution in [0.4, 0.5) is 5.69 Å². The Morgan fingerprint density at radius 2 is 1.55 bits per heavy atom. The quantitative estimate of drug-likeness (QED) is 0.413. The van der Waals surface area contributed by atoms with Crippen LogP contribution in [0.3, 0.4) is 0 Å². The molecular weight excluding hydrogens is 362 g/mol. The molecule has 146 valence electrons. The normalized spacial score (nSPS) is 19.2. The highest BCUT2D eigenvalue weighted by molar-refractivity contribution is 5.97. The van der Waals surface area contributed by atoms with E-state index in [-0.39, 0.29) is 11.4 Å². The third-order valence-electron chi connectivity index (χ3n) is 5.85. The number of hydrogen-bond acceptors (Lipinski definition) is 4. The third-order valence-corrected chi connectivity index (χ3v) is 5.85. The Morgan fingerprint density at radius 1 is 0.862 bits per heavy atom. The van der Waals surface area contributed by atoms with Gasteiger partial charge in [0.25, 0.3) is 0 Å². The van der Waals surface area contributed by atoms with Gasteiger partial charge in [-0.3, -0.25) is 0 Å². The molecule has 2 aliphatic heterocycles. The number of nitrogens with two attached hydrogens (primary N) is 1. The van der Waals surface area contributed by atoms with Gasteiger partial charge in [-0.25, -0.2) is 4.79 Å². The Hall–Kier alpha value is -3.27.